The second-order valence-corrected chi connectivity index (χ2v) is 4.91. The topological polar surface area (TPSA) is 66.4 Å². The molecule has 1 heterocycles. The molecule has 0 spiro atoms. The first-order valence-electron chi connectivity index (χ1n) is 6.28. The number of fused-ring (bicyclic) bond motifs is 1. The van der Waals surface area contributed by atoms with Crippen LogP contribution in [0.5, 0.6) is 0 Å². The maximum absolute atomic E-state index is 12.6. The van der Waals surface area contributed by atoms with Gasteiger partial charge in [0.25, 0.3) is 5.91 Å². The highest BCUT2D eigenvalue weighted by atomic mass is 16.3. The van der Waals surface area contributed by atoms with Crippen LogP contribution in [0.25, 0.3) is 0 Å². The monoisotopic (exact) mass is 267 g/mol. The van der Waals surface area contributed by atoms with Crippen molar-refractivity contribution >= 4 is 17.4 Å². The summed E-state index contributed by atoms with van der Waals surface area (Å²) in [4.78, 5) is 24.8. The highest BCUT2D eigenvalue weighted by molar-refractivity contribution is 6.26. The Morgan fingerprint density at radius 1 is 1.05 bits per heavy atom. The van der Waals surface area contributed by atoms with E-state index in [1.165, 1.54) is 0 Å². The Morgan fingerprint density at radius 3 is 2.45 bits per heavy atom. The molecule has 2 aromatic rings. The van der Waals surface area contributed by atoms with Crippen LogP contribution in [0.3, 0.4) is 0 Å². The van der Waals surface area contributed by atoms with Gasteiger partial charge >= 0.3 is 0 Å². The Labute approximate surface area is 116 Å². The molecular formula is C16H13NO3. The predicted molar refractivity (Wildman–Crippen MR) is 74.5 cm³/mol. The van der Waals surface area contributed by atoms with Crippen molar-refractivity contribution in [1.82, 2.24) is 0 Å². The van der Waals surface area contributed by atoms with Gasteiger partial charge in [0.15, 0.2) is 0 Å². The summed E-state index contributed by atoms with van der Waals surface area (Å²) in [5.74, 6) is -1.31. The van der Waals surface area contributed by atoms with Gasteiger partial charge in [0.1, 0.15) is 0 Å². The summed E-state index contributed by atoms with van der Waals surface area (Å²) in [6, 6.07) is 13.4. The van der Waals surface area contributed by atoms with Crippen molar-refractivity contribution in [1.29, 1.82) is 0 Å². The van der Waals surface area contributed by atoms with Crippen LogP contribution in [-0.4, -0.2) is 16.8 Å². The molecule has 1 aliphatic heterocycles. The molecule has 0 aliphatic carbocycles. The van der Waals surface area contributed by atoms with Gasteiger partial charge in [-0.1, -0.05) is 42.0 Å². The standard InChI is InChI=1S/C16H13NO3/c1-10-7-8-13-12(9-10)14(18)16(20,15(19)17-13)11-5-3-2-4-6-11/h2-9,20H,1H3,(H,17,19). The highest BCUT2D eigenvalue weighted by Crippen LogP contribution is 2.35. The number of benzene rings is 2. The summed E-state index contributed by atoms with van der Waals surface area (Å²) in [5, 5.41) is 13.3. The number of ketones is 1. The van der Waals surface area contributed by atoms with E-state index in [0.717, 1.165) is 5.56 Å². The SMILES string of the molecule is Cc1ccc2c(c1)C(=O)C(O)(c1ccccc1)C(=O)N2. The van der Waals surface area contributed by atoms with E-state index in [0.29, 0.717) is 11.3 Å². The van der Waals surface area contributed by atoms with Crippen LogP contribution < -0.4 is 5.32 Å². The third-order valence-electron chi connectivity index (χ3n) is 3.52. The Kier molecular flexibility index (Phi) is 2.69. The number of nitrogens with one attached hydrogen (secondary N) is 1. The van der Waals surface area contributed by atoms with E-state index in [1.807, 2.05) is 6.92 Å². The first-order valence-corrected chi connectivity index (χ1v) is 6.28. The van der Waals surface area contributed by atoms with Crippen molar-refractivity contribution in [2.75, 3.05) is 5.32 Å². The van der Waals surface area contributed by atoms with E-state index in [2.05, 4.69) is 5.32 Å². The number of hydrogen-bond donors (Lipinski definition) is 2. The van der Waals surface area contributed by atoms with Crippen LogP contribution in [0.4, 0.5) is 5.69 Å². The second kappa shape index (κ2) is 4.28. The van der Waals surface area contributed by atoms with Crippen molar-refractivity contribution in [3.05, 3.63) is 65.2 Å². The summed E-state index contributed by atoms with van der Waals surface area (Å²) in [6.07, 6.45) is 0. The maximum Gasteiger partial charge on any atom is 0.269 e. The van der Waals surface area contributed by atoms with Gasteiger partial charge < -0.3 is 10.4 Å². The minimum absolute atomic E-state index is 0.273. The molecule has 4 heteroatoms. The van der Waals surface area contributed by atoms with Crippen molar-refractivity contribution in [3.8, 4) is 0 Å². The van der Waals surface area contributed by atoms with E-state index in [-0.39, 0.29) is 5.56 Å². The van der Waals surface area contributed by atoms with E-state index in [4.69, 9.17) is 0 Å². The number of hydrogen-bond acceptors (Lipinski definition) is 3. The average Bonchev–Trinajstić information content (AvgIpc) is 2.47. The van der Waals surface area contributed by atoms with Gasteiger partial charge in [-0.15, -0.1) is 0 Å². The lowest BCUT2D eigenvalue weighted by Gasteiger charge is -2.31. The van der Waals surface area contributed by atoms with Crippen LogP contribution in [-0.2, 0) is 10.4 Å². The van der Waals surface area contributed by atoms with E-state index in [9.17, 15) is 14.7 Å². The van der Waals surface area contributed by atoms with Crippen LogP contribution in [0.15, 0.2) is 48.5 Å². The summed E-state index contributed by atoms with van der Waals surface area (Å²) >= 11 is 0. The third-order valence-corrected chi connectivity index (χ3v) is 3.52. The first kappa shape index (κ1) is 12.6. The third kappa shape index (κ3) is 1.66. The molecule has 2 aromatic carbocycles. The van der Waals surface area contributed by atoms with Crippen LogP contribution >= 0.6 is 0 Å². The molecule has 2 N–H and O–H groups in total. The molecule has 0 bridgehead atoms. The molecule has 0 radical (unpaired) electrons. The van der Waals surface area contributed by atoms with Crippen molar-refractivity contribution < 1.29 is 14.7 Å². The summed E-state index contributed by atoms with van der Waals surface area (Å²) < 4.78 is 0. The number of anilines is 1. The van der Waals surface area contributed by atoms with Crippen molar-refractivity contribution in [3.63, 3.8) is 0 Å². The molecule has 100 valence electrons. The molecule has 1 atom stereocenters. The van der Waals surface area contributed by atoms with Gasteiger partial charge in [0, 0.05) is 11.1 Å². The Balaban J connectivity index is 2.20. The van der Waals surface area contributed by atoms with Gasteiger partial charge in [0.05, 0.1) is 5.69 Å². The minimum Gasteiger partial charge on any atom is -0.369 e. The molecule has 1 amide bonds. The molecule has 20 heavy (non-hydrogen) atoms. The van der Waals surface area contributed by atoms with Gasteiger partial charge in [-0.2, -0.15) is 0 Å². The quantitative estimate of drug-likeness (QED) is 0.777. The number of aryl methyl sites for hydroxylation is 1. The van der Waals surface area contributed by atoms with Crippen molar-refractivity contribution in [2.24, 2.45) is 0 Å². The number of carbonyl (C=O) groups is 2. The lowest BCUT2D eigenvalue weighted by atomic mass is 9.81. The van der Waals surface area contributed by atoms with Gasteiger partial charge in [-0.3, -0.25) is 9.59 Å². The molecule has 0 aromatic heterocycles. The Morgan fingerprint density at radius 2 is 1.75 bits per heavy atom. The first-order chi connectivity index (χ1) is 9.53. The normalized spacial score (nSPS) is 21.3. The average molecular weight is 267 g/mol. The van der Waals surface area contributed by atoms with E-state index >= 15 is 0 Å². The second-order valence-electron chi connectivity index (χ2n) is 4.91. The molecular weight excluding hydrogens is 254 g/mol. The lowest BCUT2D eigenvalue weighted by Crippen LogP contribution is -2.50. The van der Waals surface area contributed by atoms with Gasteiger partial charge in [-0.25, -0.2) is 0 Å². The van der Waals surface area contributed by atoms with Gasteiger partial charge in [0.2, 0.25) is 11.4 Å². The number of carbonyl (C=O) groups excluding carboxylic acids is 2. The lowest BCUT2D eigenvalue weighted by molar-refractivity contribution is -0.130. The molecule has 0 saturated heterocycles. The fourth-order valence-corrected chi connectivity index (χ4v) is 2.41. The zero-order valence-corrected chi connectivity index (χ0v) is 10.9. The molecule has 0 saturated carbocycles. The minimum atomic E-state index is -2.16. The number of rotatable bonds is 1. The number of amides is 1. The summed E-state index contributed by atoms with van der Waals surface area (Å²) in [7, 11) is 0. The fourth-order valence-electron chi connectivity index (χ4n) is 2.41. The molecule has 1 unspecified atom stereocenters. The van der Waals surface area contributed by atoms with Crippen molar-refractivity contribution in [2.45, 2.75) is 12.5 Å². The molecule has 3 rings (SSSR count). The van der Waals surface area contributed by atoms with Gasteiger partial charge in [-0.05, 0) is 19.1 Å². The smallest absolute Gasteiger partial charge is 0.269 e. The zero-order chi connectivity index (χ0) is 14.3. The molecule has 1 aliphatic rings. The molecule has 4 nitrogen and oxygen atoms in total. The number of aliphatic hydroxyl groups is 1. The zero-order valence-electron chi connectivity index (χ0n) is 10.9. The van der Waals surface area contributed by atoms with E-state index in [1.54, 1.807) is 48.5 Å². The maximum atomic E-state index is 12.6. The van der Waals surface area contributed by atoms with E-state index < -0.39 is 17.3 Å². The number of Topliss-reactive ketones (excluding diaryl/α,β-unsaturated/α-hetero) is 1. The van der Waals surface area contributed by atoms with Crippen LogP contribution in [0.1, 0.15) is 21.5 Å². The predicted octanol–water partition coefficient (Wildman–Crippen LogP) is 2.02. The molecule has 0 fully saturated rings. The largest absolute Gasteiger partial charge is 0.369 e. The Bertz CT molecular complexity index is 709. The summed E-state index contributed by atoms with van der Waals surface area (Å²) in [5.41, 5.74) is -0.234. The summed E-state index contributed by atoms with van der Waals surface area (Å²) in [6.45, 7) is 1.85. The highest BCUT2D eigenvalue weighted by Gasteiger charge is 2.49. The van der Waals surface area contributed by atoms with Crippen LogP contribution in [0, 0.1) is 6.92 Å². The van der Waals surface area contributed by atoms with Crippen LogP contribution in [0.2, 0.25) is 0 Å². The fraction of sp³-hybridized carbons (Fsp3) is 0.125. The Hall–Kier alpha value is -2.46.